The van der Waals surface area contributed by atoms with E-state index in [0.29, 0.717) is 23.9 Å². The van der Waals surface area contributed by atoms with E-state index in [1.54, 1.807) is 18.2 Å². The molecule has 2 heterocycles. The van der Waals surface area contributed by atoms with Gasteiger partial charge in [-0.05, 0) is 47.2 Å². The molecule has 0 saturated heterocycles. The van der Waals surface area contributed by atoms with Gasteiger partial charge in [0.15, 0.2) is 0 Å². The number of oxazole rings is 1. The number of nitrogens with one attached hydrogen (secondary N) is 1. The fourth-order valence-electron chi connectivity index (χ4n) is 3.22. The number of benzene rings is 2. The SMILES string of the molecule is CCCCC(=O)Nc1oc(-c2ccccc2-c2cccc(O)c2)nc1-c1cccs1. The lowest BCUT2D eigenvalue weighted by molar-refractivity contribution is -0.116. The molecule has 0 unspecified atom stereocenters. The molecule has 2 aromatic heterocycles. The molecule has 1 amide bonds. The number of anilines is 1. The maximum atomic E-state index is 12.3. The zero-order chi connectivity index (χ0) is 20.9. The van der Waals surface area contributed by atoms with Crippen LogP contribution in [0.1, 0.15) is 26.2 Å². The van der Waals surface area contributed by atoms with Gasteiger partial charge in [-0.25, -0.2) is 4.98 Å². The molecule has 0 bridgehead atoms. The molecule has 4 rings (SSSR count). The molecule has 30 heavy (non-hydrogen) atoms. The van der Waals surface area contributed by atoms with E-state index < -0.39 is 0 Å². The van der Waals surface area contributed by atoms with Gasteiger partial charge in [0, 0.05) is 12.0 Å². The number of aromatic hydroxyl groups is 1. The number of phenolic OH excluding ortho intramolecular Hbond substituents is 1. The summed E-state index contributed by atoms with van der Waals surface area (Å²) in [5.74, 6) is 0.888. The van der Waals surface area contributed by atoms with Crippen molar-refractivity contribution in [3.05, 3.63) is 66.0 Å². The van der Waals surface area contributed by atoms with Gasteiger partial charge in [-0.3, -0.25) is 10.1 Å². The van der Waals surface area contributed by atoms with E-state index in [1.807, 2.05) is 47.8 Å². The number of hydrogen-bond donors (Lipinski definition) is 2. The smallest absolute Gasteiger partial charge is 0.230 e. The highest BCUT2D eigenvalue weighted by Crippen LogP contribution is 2.39. The van der Waals surface area contributed by atoms with Crippen LogP contribution < -0.4 is 5.32 Å². The van der Waals surface area contributed by atoms with Gasteiger partial charge in [-0.2, -0.15) is 0 Å². The monoisotopic (exact) mass is 418 g/mol. The summed E-state index contributed by atoms with van der Waals surface area (Å²) in [5.41, 5.74) is 3.15. The van der Waals surface area contributed by atoms with Crippen molar-refractivity contribution in [2.24, 2.45) is 0 Å². The number of amides is 1. The van der Waals surface area contributed by atoms with Crippen LogP contribution in [0.25, 0.3) is 33.2 Å². The molecular weight excluding hydrogens is 396 g/mol. The maximum absolute atomic E-state index is 12.3. The number of unbranched alkanes of at least 4 members (excludes halogenated alkanes) is 1. The number of hydrogen-bond acceptors (Lipinski definition) is 5. The first-order valence-electron chi connectivity index (χ1n) is 9.89. The zero-order valence-corrected chi connectivity index (χ0v) is 17.4. The number of phenols is 1. The van der Waals surface area contributed by atoms with E-state index in [4.69, 9.17) is 9.40 Å². The van der Waals surface area contributed by atoms with Gasteiger partial charge in [0.05, 0.1) is 4.88 Å². The third-order valence-corrected chi connectivity index (χ3v) is 5.58. The molecule has 0 atom stereocenters. The molecule has 2 N–H and O–H groups in total. The van der Waals surface area contributed by atoms with Crippen molar-refractivity contribution >= 4 is 23.1 Å². The standard InChI is InChI=1S/C24H22N2O3S/c1-2-3-13-21(28)25-24-22(20-12-7-14-30-20)26-23(29-24)19-11-5-4-10-18(19)16-8-6-9-17(27)15-16/h4-12,14-15,27H,2-3,13H2,1H3,(H,25,28). The lowest BCUT2D eigenvalue weighted by Gasteiger charge is -2.07. The van der Waals surface area contributed by atoms with Crippen molar-refractivity contribution in [2.75, 3.05) is 5.32 Å². The number of nitrogens with zero attached hydrogens (tertiary/aromatic N) is 1. The normalized spacial score (nSPS) is 10.8. The number of thiophene rings is 1. The van der Waals surface area contributed by atoms with Crippen LogP contribution >= 0.6 is 11.3 Å². The van der Waals surface area contributed by atoms with Gasteiger partial charge in [0.2, 0.25) is 17.7 Å². The summed E-state index contributed by atoms with van der Waals surface area (Å²) in [5, 5.41) is 14.7. The molecule has 152 valence electrons. The van der Waals surface area contributed by atoms with E-state index in [2.05, 4.69) is 12.2 Å². The zero-order valence-electron chi connectivity index (χ0n) is 16.6. The average molecular weight is 419 g/mol. The number of rotatable bonds is 7. The minimum atomic E-state index is -0.0846. The van der Waals surface area contributed by atoms with E-state index >= 15 is 0 Å². The Hall–Kier alpha value is -3.38. The largest absolute Gasteiger partial charge is 0.508 e. The van der Waals surface area contributed by atoms with Crippen LogP contribution in [0.15, 0.2) is 70.5 Å². The molecule has 0 aliphatic heterocycles. The van der Waals surface area contributed by atoms with Crippen molar-refractivity contribution in [1.29, 1.82) is 0 Å². The van der Waals surface area contributed by atoms with E-state index in [1.165, 1.54) is 11.3 Å². The molecule has 0 fully saturated rings. The first-order valence-corrected chi connectivity index (χ1v) is 10.8. The van der Waals surface area contributed by atoms with Crippen LogP contribution in [-0.4, -0.2) is 16.0 Å². The van der Waals surface area contributed by atoms with E-state index in [0.717, 1.165) is 34.4 Å². The Morgan fingerprint density at radius 2 is 1.93 bits per heavy atom. The van der Waals surface area contributed by atoms with Crippen LogP contribution in [0.3, 0.4) is 0 Å². The summed E-state index contributed by atoms with van der Waals surface area (Å²) in [6.45, 7) is 2.05. The van der Waals surface area contributed by atoms with Crippen LogP contribution in [0.5, 0.6) is 5.75 Å². The Morgan fingerprint density at radius 1 is 1.10 bits per heavy atom. The molecule has 4 aromatic rings. The van der Waals surface area contributed by atoms with Gasteiger partial charge in [0.1, 0.15) is 11.4 Å². The van der Waals surface area contributed by atoms with Crippen LogP contribution in [0.2, 0.25) is 0 Å². The highest BCUT2D eigenvalue weighted by atomic mass is 32.1. The van der Waals surface area contributed by atoms with Crippen molar-refractivity contribution in [1.82, 2.24) is 4.98 Å². The fraction of sp³-hybridized carbons (Fsp3) is 0.167. The number of aromatic nitrogens is 1. The Kier molecular flexibility index (Phi) is 5.95. The molecular formula is C24H22N2O3S. The lowest BCUT2D eigenvalue weighted by atomic mass is 9.99. The van der Waals surface area contributed by atoms with Crippen molar-refractivity contribution in [3.8, 4) is 38.9 Å². The topological polar surface area (TPSA) is 75.4 Å². The molecule has 0 spiro atoms. The van der Waals surface area contributed by atoms with Gasteiger partial charge in [-0.1, -0.05) is 49.7 Å². The summed E-state index contributed by atoms with van der Waals surface area (Å²) < 4.78 is 6.07. The second-order valence-corrected chi connectivity index (χ2v) is 7.87. The van der Waals surface area contributed by atoms with Gasteiger partial charge < -0.3 is 9.52 Å². The predicted molar refractivity (Wildman–Crippen MR) is 121 cm³/mol. The minimum Gasteiger partial charge on any atom is -0.508 e. The minimum absolute atomic E-state index is 0.0846. The second-order valence-electron chi connectivity index (χ2n) is 6.92. The lowest BCUT2D eigenvalue weighted by Crippen LogP contribution is -2.10. The Bertz CT molecular complexity index is 1150. The molecule has 0 aliphatic carbocycles. The highest BCUT2D eigenvalue weighted by Gasteiger charge is 2.21. The number of carbonyl (C=O) groups is 1. The third-order valence-electron chi connectivity index (χ3n) is 4.71. The summed E-state index contributed by atoms with van der Waals surface area (Å²) >= 11 is 1.54. The molecule has 5 nitrogen and oxygen atoms in total. The fourth-order valence-corrected chi connectivity index (χ4v) is 3.93. The molecule has 0 radical (unpaired) electrons. The predicted octanol–water partition coefficient (Wildman–Crippen LogP) is 6.57. The average Bonchev–Trinajstić information content (AvgIpc) is 3.42. The van der Waals surface area contributed by atoms with E-state index in [9.17, 15) is 9.90 Å². The first-order chi connectivity index (χ1) is 14.7. The van der Waals surface area contributed by atoms with Crippen molar-refractivity contribution in [3.63, 3.8) is 0 Å². The molecule has 0 saturated carbocycles. The molecule has 0 aliphatic rings. The first kappa shape index (κ1) is 19.9. The molecule has 2 aromatic carbocycles. The second kappa shape index (κ2) is 8.97. The van der Waals surface area contributed by atoms with Crippen LogP contribution in [0, 0.1) is 0 Å². The number of carbonyl (C=O) groups excluding carboxylic acids is 1. The van der Waals surface area contributed by atoms with Crippen LogP contribution in [0.4, 0.5) is 5.88 Å². The Balaban J connectivity index is 1.77. The van der Waals surface area contributed by atoms with Gasteiger partial charge in [0.25, 0.3) is 0 Å². The van der Waals surface area contributed by atoms with E-state index in [-0.39, 0.29) is 11.7 Å². The summed E-state index contributed by atoms with van der Waals surface area (Å²) in [6, 6.07) is 18.7. The highest BCUT2D eigenvalue weighted by molar-refractivity contribution is 7.13. The van der Waals surface area contributed by atoms with Gasteiger partial charge >= 0.3 is 0 Å². The summed E-state index contributed by atoms with van der Waals surface area (Å²) in [6.07, 6.45) is 2.21. The summed E-state index contributed by atoms with van der Waals surface area (Å²) in [4.78, 5) is 18.0. The molecule has 6 heteroatoms. The van der Waals surface area contributed by atoms with Gasteiger partial charge in [-0.15, -0.1) is 11.3 Å². The van der Waals surface area contributed by atoms with Crippen LogP contribution in [-0.2, 0) is 4.79 Å². The summed E-state index contributed by atoms with van der Waals surface area (Å²) in [7, 11) is 0. The quantitative estimate of drug-likeness (QED) is 0.356. The third kappa shape index (κ3) is 4.28. The Morgan fingerprint density at radius 3 is 2.67 bits per heavy atom. The van der Waals surface area contributed by atoms with Crippen molar-refractivity contribution in [2.45, 2.75) is 26.2 Å². The van der Waals surface area contributed by atoms with Crippen molar-refractivity contribution < 1.29 is 14.3 Å². The Labute approximate surface area is 179 Å². The maximum Gasteiger partial charge on any atom is 0.230 e.